The topological polar surface area (TPSA) is 109 Å². The molecule has 8 nitrogen and oxygen atoms in total. The molecule has 2 heterocycles. The number of aryl methyl sites for hydroxylation is 3. The molecule has 0 saturated carbocycles. The largest absolute Gasteiger partial charge is 0.361 e. The van der Waals surface area contributed by atoms with Gasteiger partial charge >= 0.3 is 6.03 Å². The SMILES string of the molecule is CCc1nc(-c2cccc(NC(=O)NCCCc3c(C)noc3C)c2)n[nH]1. The number of aromatic amines is 1. The summed E-state index contributed by atoms with van der Waals surface area (Å²) in [6, 6.07) is 7.22. The molecular weight excluding hydrogens is 344 g/mol. The highest BCUT2D eigenvalue weighted by molar-refractivity contribution is 5.89. The molecule has 8 heteroatoms. The van der Waals surface area contributed by atoms with Crippen molar-refractivity contribution < 1.29 is 9.32 Å². The van der Waals surface area contributed by atoms with Gasteiger partial charge in [0.2, 0.25) is 0 Å². The number of carbonyl (C=O) groups excluding carboxylic acids is 1. The number of benzene rings is 1. The molecule has 0 fully saturated rings. The summed E-state index contributed by atoms with van der Waals surface area (Å²) in [5.41, 5.74) is 3.57. The van der Waals surface area contributed by atoms with Crippen molar-refractivity contribution in [2.24, 2.45) is 0 Å². The summed E-state index contributed by atoms with van der Waals surface area (Å²) in [4.78, 5) is 16.5. The quantitative estimate of drug-likeness (QED) is 0.554. The first kappa shape index (κ1) is 18.6. The minimum Gasteiger partial charge on any atom is -0.361 e. The number of anilines is 1. The third-order valence-corrected chi connectivity index (χ3v) is 4.32. The third kappa shape index (κ3) is 4.72. The normalized spacial score (nSPS) is 10.8. The van der Waals surface area contributed by atoms with Gasteiger partial charge in [-0.1, -0.05) is 24.2 Å². The molecule has 1 aromatic carbocycles. The van der Waals surface area contributed by atoms with Gasteiger partial charge in [0.25, 0.3) is 0 Å². The Morgan fingerprint density at radius 1 is 1.30 bits per heavy atom. The van der Waals surface area contributed by atoms with Crippen LogP contribution in [0, 0.1) is 13.8 Å². The number of rotatable bonds is 7. The number of carbonyl (C=O) groups is 1. The van der Waals surface area contributed by atoms with Gasteiger partial charge in [-0.25, -0.2) is 9.78 Å². The summed E-state index contributed by atoms with van der Waals surface area (Å²) in [6.45, 7) is 6.41. The van der Waals surface area contributed by atoms with E-state index < -0.39 is 0 Å². The van der Waals surface area contributed by atoms with E-state index in [2.05, 4.69) is 31.0 Å². The minimum absolute atomic E-state index is 0.241. The number of hydrogen-bond donors (Lipinski definition) is 3. The predicted molar refractivity (Wildman–Crippen MR) is 103 cm³/mol. The lowest BCUT2D eigenvalue weighted by atomic mass is 10.1. The highest BCUT2D eigenvalue weighted by Gasteiger charge is 2.09. The van der Waals surface area contributed by atoms with E-state index in [1.165, 1.54) is 0 Å². The lowest BCUT2D eigenvalue weighted by molar-refractivity contribution is 0.252. The van der Waals surface area contributed by atoms with Crippen molar-refractivity contribution in [3.63, 3.8) is 0 Å². The molecule has 0 bridgehead atoms. The zero-order valence-electron chi connectivity index (χ0n) is 15.8. The summed E-state index contributed by atoms with van der Waals surface area (Å²) in [6.07, 6.45) is 2.43. The fourth-order valence-corrected chi connectivity index (χ4v) is 2.82. The third-order valence-electron chi connectivity index (χ3n) is 4.32. The van der Waals surface area contributed by atoms with Crippen LogP contribution in [0.4, 0.5) is 10.5 Å². The van der Waals surface area contributed by atoms with Crippen molar-refractivity contribution in [3.05, 3.63) is 47.1 Å². The second kappa shape index (κ2) is 8.48. The summed E-state index contributed by atoms with van der Waals surface area (Å²) >= 11 is 0. The summed E-state index contributed by atoms with van der Waals surface area (Å²) in [7, 11) is 0. The molecule has 0 unspecified atom stereocenters. The van der Waals surface area contributed by atoms with Crippen LogP contribution in [-0.4, -0.2) is 32.9 Å². The number of nitrogens with one attached hydrogen (secondary N) is 3. The van der Waals surface area contributed by atoms with Crippen LogP contribution in [0.5, 0.6) is 0 Å². The van der Waals surface area contributed by atoms with E-state index in [0.717, 1.165) is 47.7 Å². The Morgan fingerprint density at radius 3 is 2.85 bits per heavy atom. The monoisotopic (exact) mass is 368 g/mol. The number of urea groups is 1. The van der Waals surface area contributed by atoms with Gasteiger partial charge in [-0.05, 0) is 38.8 Å². The Bertz CT molecular complexity index is 895. The molecule has 2 amide bonds. The van der Waals surface area contributed by atoms with E-state index in [4.69, 9.17) is 4.52 Å². The van der Waals surface area contributed by atoms with Gasteiger partial charge in [-0.2, -0.15) is 5.10 Å². The maximum Gasteiger partial charge on any atom is 0.319 e. The van der Waals surface area contributed by atoms with Crippen LogP contribution in [0.3, 0.4) is 0 Å². The second-order valence-corrected chi connectivity index (χ2v) is 6.33. The zero-order chi connectivity index (χ0) is 19.2. The van der Waals surface area contributed by atoms with E-state index in [0.29, 0.717) is 18.1 Å². The Labute approximate surface area is 157 Å². The fourth-order valence-electron chi connectivity index (χ4n) is 2.82. The average molecular weight is 368 g/mol. The smallest absolute Gasteiger partial charge is 0.319 e. The molecule has 0 radical (unpaired) electrons. The first-order chi connectivity index (χ1) is 13.1. The molecule has 3 N–H and O–H groups in total. The van der Waals surface area contributed by atoms with Gasteiger partial charge in [-0.15, -0.1) is 0 Å². The fraction of sp³-hybridized carbons (Fsp3) is 0.368. The highest BCUT2D eigenvalue weighted by Crippen LogP contribution is 2.19. The lowest BCUT2D eigenvalue weighted by Gasteiger charge is -2.08. The van der Waals surface area contributed by atoms with Crippen LogP contribution in [0.1, 0.15) is 36.2 Å². The van der Waals surface area contributed by atoms with Crippen LogP contribution in [-0.2, 0) is 12.8 Å². The van der Waals surface area contributed by atoms with E-state index in [9.17, 15) is 4.79 Å². The van der Waals surface area contributed by atoms with Crippen molar-refractivity contribution in [1.82, 2.24) is 25.7 Å². The van der Waals surface area contributed by atoms with Crippen molar-refractivity contribution in [3.8, 4) is 11.4 Å². The predicted octanol–water partition coefficient (Wildman–Crippen LogP) is 3.39. The molecule has 0 aliphatic heterocycles. The van der Waals surface area contributed by atoms with E-state index in [-0.39, 0.29) is 6.03 Å². The molecule has 27 heavy (non-hydrogen) atoms. The molecular formula is C19H24N6O2. The van der Waals surface area contributed by atoms with Crippen LogP contribution < -0.4 is 10.6 Å². The molecule has 0 aliphatic carbocycles. The molecule has 3 aromatic rings. The molecule has 0 spiro atoms. The Morgan fingerprint density at radius 2 is 2.15 bits per heavy atom. The average Bonchev–Trinajstić information content (AvgIpc) is 3.27. The van der Waals surface area contributed by atoms with Gasteiger partial charge in [0.1, 0.15) is 11.6 Å². The molecule has 142 valence electrons. The van der Waals surface area contributed by atoms with Crippen molar-refractivity contribution in [1.29, 1.82) is 0 Å². The first-order valence-corrected chi connectivity index (χ1v) is 9.05. The van der Waals surface area contributed by atoms with Crippen molar-refractivity contribution in [2.75, 3.05) is 11.9 Å². The van der Waals surface area contributed by atoms with Gasteiger partial charge in [-0.3, -0.25) is 5.10 Å². The number of nitrogens with zero attached hydrogens (tertiary/aromatic N) is 3. The maximum absolute atomic E-state index is 12.1. The van der Waals surface area contributed by atoms with Gasteiger partial charge in [0.15, 0.2) is 5.82 Å². The standard InChI is InChI=1S/C19H24N6O2/c1-4-17-22-18(24-23-17)14-7-5-8-15(11-14)21-19(26)20-10-6-9-16-12(2)25-27-13(16)3/h5,7-8,11H,4,6,9-10H2,1-3H3,(H2,20,21,26)(H,22,23,24). The molecule has 3 rings (SSSR count). The first-order valence-electron chi connectivity index (χ1n) is 9.05. The molecule has 0 aliphatic rings. The number of H-pyrrole nitrogens is 1. The lowest BCUT2D eigenvalue weighted by Crippen LogP contribution is -2.29. The van der Waals surface area contributed by atoms with Crippen molar-refractivity contribution in [2.45, 2.75) is 40.0 Å². The highest BCUT2D eigenvalue weighted by atomic mass is 16.5. The Kier molecular flexibility index (Phi) is 5.85. The van der Waals surface area contributed by atoms with Crippen LogP contribution in [0.15, 0.2) is 28.8 Å². The van der Waals surface area contributed by atoms with Crippen molar-refractivity contribution >= 4 is 11.7 Å². The van der Waals surface area contributed by atoms with Crippen LogP contribution in [0.2, 0.25) is 0 Å². The number of aromatic nitrogens is 4. The summed E-state index contributed by atoms with van der Waals surface area (Å²) in [5.74, 6) is 2.29. The second-order valence-electron chi connectivity index (χ2n) is 6.33. The Balaban J connectivity index is 1.50. The van der Waals surface area contributed by atoms with E-state index in [1.807, 2.05) is 45.0 Å². The summed E-state index contributed by atoms with van der Waals surface area (Å²) in [5, 5.41) is 16.7. The zero-order valence-corrected chi connectivity index (χ0v) is 15.8. The van der Waals surface area contributed by atoms with Gasteiger partial charge in [0.05, 0.1) is 5.69 Å². The molecule has 0 atom stereocenters. The molecule has 2 aromatic heterocycles. The van der Waals surface area contributed by atoms with E-state index >= 15 is 0 Å². The maximum atomic E-state index is 12.1. The minimum atomic E-state index is -0.241. The van der Waals surface area contributed by atoms with Gasteiger partial charge in [0, 0.05) is 29.8 Å². The number of hydrogen-bond acceptors (Lipinski definition) is 5. The van der Waals surface area contributed by atoms with Crippen LogP contribution in [0.25, 0.3) is 11.4 Å². The number of amides is 2. The van der Waals surface area contributed by atoms with Crippen LogP contribution >= 0.6 is 0 Å². The van der Waals surface area contributed by atoms with E-state index in [1.54, 1.807) is 0 Å². The summed E-state index contributed by atoms with van der Waals surface area (Å²) < 4.78 is 5.15. The van der Waals surface area contributed by atoms with Gasteiger partial charge < -0.3 is 15.2 Å². The molecule has 0 saturated heterocycles. The Hall–Kier alpha value is -3.16.